The Morgan fingerprint density at radius 1 is 1.35 bits per heavy atom. The number of carbonyl (C=O) groups is 1. The highest BCUT2D eigenvalue weighted by molar-refractivity contribution is 7.10. The van der Waals surface area contributed by atoms with Crippen molar-refractivity contribution in [3.8, 4) is 11.6 Å². The second-order valence-corrected chi connectivity index (χ2v) is 6.09. The van der Waals surface area contributed by atoms with Crippen molar-refractivity contribution in [2.24, 2.45) is 0 Å². The largest absolute Gasteiger partial charge is 0.438 e. The fourth-order valence-corrected chi connectivity index (χ4v) is 2.92. The summed E-state index contributed by atoms with van der Waals surface area (Å²) in [6, 6.07) is 5.94. The number of carbonyl (C=O) groups excluding carboxylic acids is 1. The number of nitrogens with zero attached hydrogens (tertiary/aromatic N) is 2. The maximum Gasteiger partial charge on any atom is 0.425 e. The smallest absolute Gasteiger partial charge is 0.425 e. The van der Waals surface area contributed by atoms with Gasteiger partial charge in [0.15, 0.2) is 0 Å². The van der Waals surface area contributed by atoms with E-state index in [0.29, 0.717) is 17.2 Å². The van der Waals surface area contributed by atoms with Crippen molar-refractivity contribution in [1.82, 2.24) is 4.98 Å². The molecule has 122 valence electrons. The number of amides is 1. The third-order valence-corrected chi connectivity index (χ3v) is 4.59. The van der Waals surface area contributed by atoms with Gasteiger partial charge in [0.2, 0.25) is 12.3 Å². The summed E-state index contributed by atoms with van der Waals surface area (Å²) in [4.78, 5) is 16.3. The van der Waals surface area contributed by atoms with Crippen LogP contribution in [0.4, 0.5) is 19.0 Å². The lowest BCUT2D eigenvalue weighted by atomic mass is 9.92. The quantitative estimate of drug-likeness (QED) is 0.753. The van der Waals surface area contributed by atoms with Crippen LogP contribution in [0.3, 0.4) is 0 Å². The van der Waals surface area contributed by atoms with Gasteiger partial charge in [-0.25, -0.2) is 0 Å². The minimum atomic E-state index is -4.39. The highest BCUT2D eigenvalue weighted by Crippen LogP contribution is 2.37. The van der Waals surface area contributed by atoms with Gasteiger partial charge in [-0.2, -0.15) is 18.2 Å². The number of anilines is 1. The Labute approximate surface area is 134 Å². The lowest BCUT2D eigenvalue weighted by Gasteiger charge is -2.34. The van der Waals surface area contributed by atoms with Crippen LogP contribution >= 0.6 is 11.3 Å². The van der Waals surface area contributed by atoms with Gasteiger partial charge < -0.3 is 4.74 Å². The molecule has 0 bridgehead atoms. The summed E-state index contributed by atoms with van der Waals surface area (Å²) in [7, 11) is 0. The van der Waals surface area contributed by atoms with Gasteiger partial charge in [-0.3, -0.25) is 9.69 Å². The number of hydrogen-bond donors (Lipinski definition) is 0. The second-order valence-electron chi connectivity index (χ2n) is 5.18. The first-order valence-electron chi connectivity index (χ1n) is 7.01. The molecule has 0 saturated heterocycles. The van der Waals surface area contributed by atoms with Crippen LogP contribution in [0.1, 0.15) is 24.1 Å². The lowest BCUT2D eigenvalue weighted by molar-refractivity contribution is -0.134. The van der Waals surface area contributed by atoms with Gasteiger partial charge in [0.25, 0.3) is 0 Å². The van der Waals surface area contributed by atoms with Crippen molar-refractivity contribution in [2.45, 2.75) is 31.5 Å². The van der Waals surface area contributed by atoms with Crippen molar-refractivity contribution >= 4 is 23.6 Å². The first-order valence-corrected chi connectivity index (χ1v) is 7.89. The topological polar surface area (TPSA) is 42.4 Å². The molecule has 8 heteroatoms. The number of aromatic nitrogens is 1. The van der Waals surface area contributed by atoms with Crippen molar-refractivity contribution in [2.75, 3.05) is 4.90 Å². The Kier molecular flexibility index (Phi) is 4.25. The van der Waals surface area contributed by atoms with Crippen LogP contribution in [-0.4, -0.2) is 17.4 Å². The fourth-order valence-electron chi connectivity index (χ4n) is 2.24. The van der Waals surface area contributed by atoms with Gasteiger partial charge in [-0.05, 0) is 25.3 Å². The average molecular weight is 342 g/mol. The van der Waals surface area contributed by atoms with Crippen LogP contribution < -0.4 is 9.64 Å². The first-order chi connectivity index (χ1) is 11.0. The van der Waals surface area contributed by atoms with Gasteiger partial charge in [0.05, 0.1) is 0 Å². The summed E-state index contributed by atoms with van der Waals surface area (Å²) < 4.78 is 43.1. The zero-order valence-corrected chi connectivity index (χ0v) is 12.7. The van der Waals surface area contributed by atoms with E-state index in [0.717, 1.165) is 31.7 Å². The van der Waals surface area contributed by atoms with Gasteiger partial charge in [0.1, 0.15) is 16.4 Å². The predicted octanol–water partition coefficient (Wildman–Crippen LogP) is 4.47. The van der Waals surface area contributed by atoms with Crippen LogP contribution in [0.2, 0.25) is 0 Å². The number of halogens is 3. The van der Waals surface area contributed by atoms with Crippen molar-refractivity contribution in [3.05, 3.63) is 34.5 Å². The summed E-state index contributed by atoms with van der Waals surface area (Å²) in [6.45, 7) is 0. The van der Waals surface area contributed by atoms with E-state index in [1.807, 2.05) is 0 Å². The molecule has 2 aromatic rings. The highest BCUT2D eigenvalue weighted by atomic mass is 32.1. The highest BCUT2D eigenvalue weighted by Gasteiger charge is 2.33. The van der Waals surface area contributed by atoms with E-state index < -0.39 is 11.1 Å². The Bertz CT molecular complexity index is 698. The number of pyridine rings is 1. The number of ether oxygens (including phenoxy) is 1. The van der Waals surface area contributed by atoms with Crippen molar-refractivity contribution < 1.29 is 22.7 Å². The molecule has 2 aromatic heterocycles. The summed E-state index contributed by atoms with van der Waals surface area (Å²) in [5.74, 6) is 0.668. The minimum Gasteiger partial charge on any atom is -0.438 e. The minimum absolute atomic E-state index is 0.0771. The zero-order chi connectivity index (χ0) is 16.4. The molecule has 0 spiro atoms. The molecule has 0 aromatic carbocycles. The molecule has 2 heterocycles. The summed E-state index contributed by atoms with van der Waals surface area (Å²) in [5, 5.41) is 1.28. The normalized spacial score (nSPS) is 15.1. The molecule has 23 heavy (non-hydrogen) atoms. The lowest BCUT2D eigenvalue weighted by Crippen LogP contribution is -2.39. The average Bonchev–Trinajstić information content (AvgIpc) is 2.91. The standard InChI is InChI=1S/C15H13F3N2O2S/c16-15(17,18)12-7-11(8-23-12)22-14-6-2-5-13(19-14)20(9-21)10-3-1-4-10/h2,5-10H,1,3-4H2. The van der Waals surface area contributed by atoms with E-state index in [-0.39, 0.29) is 17.7 Å². The summed E-state index contributed by atoms with van der Waals surface area (Å²) >= 11 is 0.564. The molecule has 0 unspecified atom stereocenters. The Hall–Kier alpha value is -2.09. The molecule has 1 aliphatic carbocycles. The fraction of sp³-hybridized carbons (Fsp3) is 0.333. The summed E-state index contributed by atoms with van der Waals surface area (Å²) in [5.41, 5.74) is 0. The van der Waals surface area contributed by atoms with Crippen LogP contribution in [0, 0.1) is 0 Å². The van der Waals surface area contributed by atoms with Crippen LogP contribution in [-0.2, 0) is 11.0 Å². The zero-order valence-electron chi connectivity index (χ0n) is 11.9. The molecule has 1 amide bonds. The SMILES string of the molecule is O=CN(c1cccc(Oc2csc(C(F)(F)F)c2)n1)C1CCC1. The first kappa shape index (κ1) is 15.8. The van der Waals surface area contributed by atoms with E-state index in [9.17, 15) is 18.0 Å². The third-order valence-electron chi connectivity index (χ3n) is 3.63. The molecule has 0 radical (unpaired) electrons. The van der Waals surface area contributed by atoms with Gasteiger partial charge in [-0.15, -0.1) is 11.3 Å². The third kappa shape index (κ3) is 3.47. The van der Waals surface area contributed by atoms with Crippen LogP contribution in [0.15, 0.2) is 29.6 Å². The molecule has 3 rings (SSSR count). The molecular formula is C15H13F3N2O2S. The molecule has 4 nitrogen and oxygen atoms in total. The van der Waals surface area contributed by atoms with Gasteiger partial charge in [0, 0.05) is 23.6 Å². The van der Waals surface area contributed by atoms with E-state index in [4.69, 9.17) is 4.74 Å². The molecule has 0 aliphatic heterocycles. The predicted molar refractivity (Wildman–Crippen MR) is 79.8 cm³/mol. The monoisotopic (exact) mass is 342 g/mol. The van der Waals surface area contributed by atoms with E-state index in [1.165, 1.54) is 16.3 Å². The second kappa shape index (κ2) is 6.19. The summed E-state index contributed by atoms with van der Waals surface area (Å²) in [6.07, 6.45) is -0.751. The van der Waals surface area contributed by atoms with Gasteiger partial charge in [-0.1, -0.05) is 6.07 Å². The maximum absolute atomic E-state index is 12.6. The Morgan fingerprint density at radius 3 is 2.70 bits per heavy atom. The number of rotatable bonds is 5. The van der Waals surface area contributed by atoms with Crippen molar-refractivity contribution in [3.63, 3.8) is 0 Å². The number of thiophene rings is 1. The molecular weight excluding hydrogens is 329 g/mol. The Morgan fingerprint density at radius 2 is 2.13 bits per heavy atom. The number of alkyl halides is 3. The van der Waals surface area contributed by atoms with E-state index in [2.05, 4.69) is 4.98 Å². The molecule has 1 saturated carbocycles. The molecule has 1 fully saturated rings. The van der Waals surface area contributed by atoms with E-state index >= 15 is 0 Å². The molecule has 0 atom stereocenters. The Balaban J connectivity index is 1.77. The van der Waals surface area contributed by atoms with Crippen LogP contribution in [0.25, 0.3) is 0 Å². The maximum atomic E-state index is 12.6. The molecule has 1 aliphatic rings. The van der Waals surface area contributed by atoms with Crippen LogP contribution in [0.5, 0.6) is 11.6 Å². The number of hydrogen-bond acceptors (Lipinski definition) is 4. The van der Waals surface area contributed by atoms with E-state index in [1.54, 1.807) is 12.1 Å². The molecule has 0 N–H and O–H groups in total. The van der Waals surface area contributed by atoms with Gasteiger partial charge >= 0.3 is 6.18 Å². The van der Waals surface area contributed by atoms with Crippen molar-refractivity contribution in [1.29, 1.82) is 0 Å².